The van der Waals surface area contributed by atoms with Crippen molar-refractivity contribution in [3.05, 3.63) is 70.3 Å². The van der Waals surface area contributed by atoms with Crippen LogP contribution in [0.3, 0.4) is 0 Å². The standard InChI is InChI=1S/C29H33F3N2O5S/c1-4-5-6-7-8-9-10-24(40-28(35)18-11-13-19(14-12-18)29(30,31)32)20-17-23(38-2)25-21(33-36)15-16-22(34-37)26(25)27(20)39-3/h11-17,24,36-37H,4-10H2,1-3H3. The summed E-state index contributed by atoms with van der Waals surface area (Å²) < 4.78 is 50.5. The lowest BCUT2D eigenvalue weighted by Gasteiger charge is -2.26. The lowest BCUT2D eigenvalue weighted by Crippen LogP contribution is -2.18. The van der Waals surface area contributed by atoms with Crippen LogP contribution in [0.5, 0.6) is 11.5 Å². The zero-order valence-electron chi connectivity index (χ0n) is 22.6. The van der Waals surface area contributed by atoms with Gasteiger partial charge in [-0.25, -0.2) is 0 Å². The van der Waals surface area contributed by atoms with E-state index < -0.39 is 22.1 Å². The molecule has 7 nitrogen and oxygen atoms in total. The molecular formula is C29H33F3N2O5S. The Morgan fingerprint density at radius 2 is 1.52 bits per heavy atom. The van der Waals surface area contributed by atoms with Crippen molar-refractivity contribution < 1.29 is 37.9 Å². The van der Waals surface area contributed by atoms with Crippen molar-refractivity contribution in [2.75, 3.05) is 14.2 Å². The van der Waals surface area contributed by atoms with Crippen LogP contribution >= 0.6 is 11.8 Å². The minimum atomic E-state index is -4.50. The van der Waals surface area contributed by atoms with Crippen LogP contribution < -0.4 is 9.47 Å². The van der Waals surface area contributed by atoms with E-state index in [1.54, 1.807) is 6.07 Å². The van der Waals surface area contributed by atoms with Crippen LogP contribution in [0.1, 0.15) is 89.7 Å². The number of benzene rings is 2. The van der Waals surface area contributed by atoms with E-state index in [4.69, 9.17) is 9.47 Å². The number of rotatable bonds is 12. The number of ether oxygens (including phenoxy) is 2. The van der Waals surface area contributed by atoms with E-state index in [0.29, 0.717) is 34.6 Å². The molecule has 1 atom stereocenters. The molecule has 0 aliphatic heterocycles. The first-order valence-corrected chi connectivity index (χ1v) is 13.9. The van der Waals surface area contributed by atoms with Gasteiger partial charge >= 0.3 is 6.18 Å². The second-order valence-electron chi connectivity index (χ2n) is 9.28. The number of thioether (sulfide) groups is 1. The Balaban J connectivity index is 2.04. The summed E-state index contributed by atoms with van der Waals surface area (Å²) in [4.78, 5) is 13.3. The van der Waals surface area contributed by atoms with Crippen LogP contribution in [0.25, 0.3) is 0 Å². The van der Waals surface area contributed by atoms with Crippen molar-refractivity contribution in [1.82, 2.24) is 0 Å². The van der Waals surface area contributed by atoms with Gasteiger partial charge in [0.15, 0.2) is 0 Å². The highest BCUT2D eigenvalue weighted by molar-refractivity contribution is 8.14. The minimum Gasteiger partial charge on any atom is -0.496 e. The number of carbonyl (C=O) groups is 1. The van der Waals surface area contributed by atoms with Gasteiger partial charge in [0.1, 0.15) is 22.9 Å². The van der Waals surface area contributed by atoms with Gasteiger partial charge in [-0.3, -0.25) is 4.79 Å². The lowest BCUT2D eigenvalue weighted by atomic mass is 9.88. The van der Waals surface area contributed by atoms with Crippen molar-refractivity contribution in [1.29, 1.82) is 0 Å². The van der Waals surface area contributed by atoms with Gasteiger partial charge in [-0.1, -0.05) is 67.5 Å². The Labute approximate surface area is 235 Å². The van der Waals surface area contributed by atoms with E-state index in [-0.39, 0.29) is 17.0 Å². The predicted molar refractivity (Wildman–Crippen MR) is 149 cm³/mol. The summed E-state index contributed by atoms with van der Waals surface area (Å²) in [6.45, 7) is 2.14. The number of hydrogen-bond donors (Lipinski definition) is 2. The summed E-state index contributed by atoms with van der Waals surface area (Å²) in [7, 11) is 2.89. The highest BCUT2D eigenvalue weighted by atomic mass is 32.2. The molecule has 1 aliphatic carbocycles. The molecule has 0 bridgehead atoms. The fraction of sp³-hybridized carbons (Fsp3) is 0.414. The lowest BCUT2D eigenvalue weighted by molar-refractivity contribution is -0.137. The monoisotopic (exact) mass is 578 g/mol. The molecule has 0 heterocycles. The minimum absolute atomic E-state index is 0.144. The molecule has 0 amide bonds. The van der Waals surface area contributed by atoms with Gasteiger partial charge in [-0.15, -0.1) is 0 Å². The topological polar surface area (TPSA) is 101 Å². The maximum absolute atomic E-state index is 13.3. The third-order valence-electron chi connectivity index (χ3n) is 6.69. The Kier molecular flexibility index (Phi) is 11.1. The molecule has 11 heteroatoms. The van der Waals surface area contributed by atoms with Crippen molar-refractivity contribution in [3.8, 4) is 11.5 Å². The largest absolute Gasteiger partial charge is 0.496 e. The average molecular weight is 579 g/mol. The van der Waals surface area contributed by atoms with Crippen LogP contribution in [0.4, 0.5) is 13.2 Å². The molecule has 0 fully saturated rings. The van der Waals surface area contributed by atoms with Gasteiger partial charge in [0, 0.05) is 16.4 Å². The van der Waals surface area contributed by atoms with Crippen LogP contribution in [-0.2, 0) is 6.18 Å². The molecule has 0 saturated carbocycles. The van der Waals surface area contributed by atoms with Crippen LogP contribution in [0, 0.1) is 0 Å². The molecule has 40 heavy (non-hydrogen) atoms. The molecular weight excluding hydrogens is 545 g/mol. The molecule has 1 unspecified atom stereocenters. The SMILES string of the molecule is CCCCCCCCC(SC(=O)c1ccc(C(F)(F)F)cc1)c1cc(OC)c2c(c1OC)C(=NO)C=CC2=NO. The zero-order chi connectivity index (χ0) is 29.3. The Morgan fingerprint density at radius 3 is 2.08 bits per heavy atom. The summed E-state index contributed by atoms with van der Waals surface area (Å²) in [6, 6.07) is 5.84. The molecule has 216 valence electrons. The summed E-state index contributed by atoms with van der Waals surface area (Å²) in [6.07, 6.45) is 5.18. The van der Waals surface area contributed by atoms with E-state index in [9.17, 15) is 28.4 Å². The number of allylic oxidation sites excluding steroid dienone is 2. The number of hydrogen-bond acceptors (Lipinski definition) is 8. The summed E-state index contributed by atoms with van der Waals surface area (Å²) in [5, 5.41) is 25.2. The second kappa shape index (κ2) is 14.2. The molecule has 3 rings (SSSR count). The average Bonchev–Trinajstić information content (AvgIpc) is 2.96. The van der Waals surface area contributed by atoms with E-state index in [1.165, 1.54) is 38.5 Å². The van der Waals surface area contributed by atoms with Crippen LogP contribution in [0.15, 0.2) is 52.8 Å². The first-order valence-electron chi connectivity index (χ1n) is 13.0. The number of alkyl halides is 3. The van der Waals surface area contributed by atoms with Crippen LogP contribution in [-0.4, -0.2) is 41.2 Å². The Morgan fingerprint density at radius 1 is 0.925 bits per heavy atom. The van der Waals surface area contributed by atoms with Gasteiger partial charge in [-0.2, -0.15) is 13.2 Å². The Bertz CT molecular complexity index is 1270. The summed E-state index contributed by atoms with van der Waals surface area (Å²) in [5.41, 5.74) is 0.921. The number of nitrogens with zero attached hydrogens (tertiary/aromatic N) is 2. The number of oxime groups is 2. The van der Waals surface area contributed by atoms with Gasteiger partial charge < -0.3 is 19.9 Å². The normalized spacial score (nSPS) is 15.8. The first kappa shape index (κ1) is 31.1. The predicted octanol–water partition coefficient (Wildman–Crippen LogP) is 8.01. The number of halogens is 3. The van der Waals surface area contributed by atoms with Gasteiger partial charge in [0.2, 0.25) is 5.12 Å². The zero-order valence-corrected chi connectivity index (χ0v) is 23.4. The maximum atomic E-state index is 13.3. The maximum Gasteiger partial charge on any atom is 0.416 e. The fourth-order valence-electron chi connectivity index (χ4n) is 4.65. The van der Waals surface area contributed by atoms with E-state index >= 15 is 0 Å². The Hall–Kier alpha value is -3.47. The first-order chi connectivity index (χ1) is 19.2. The van der Waals surface area contributed by atoms with E-state index in [2.05, 4.69) is 17.2 Å². The quantitative estimate of drug-likeness (QED) is 0.150. The van der Waals surface area contributed by atoms with Gasteiger partial charge in [0.25, 0.3) is 0 Å². The fourth-order valence-corrected chi connectivity index (χ4v) is 5.77. The van der Waals surface area contributed by atoms with Crippen molar-refractivity contribution in [3.63, 3.8) is 0 Å². The third kappa shape index (κ3) is 7.18. The molecule has 2 aromatic rings. The van der Waals surface area contributed by atoms with E-state index in [1.807, 2.05) is 0 Å². The van der Waals surface area contributed by atoms with Gasteiger partial charge in [-0.05, 0) is 48.9 Å². The van der Waals surface area contributed by atoms with Gasteiger partial charge in [0.05, 0.1) is 30.9 Å². The molecule has 0 saturated heterocycles. The summed E-state index contributed by atoms with van der Waals surface area (Å²) in [5.74, 6) is 0.637. The van der Waals surface area contributed by atoms with Crippen molar-refractivity contribution in [2.24, 2.45) is 10.3 Å². The highest BCUT2D eigenvalue weighted by Crippen LogP contribution is 2.47. The number of unbranched alkanes of at least 4 members (excludes halogenated alkanes) is 5. The van der Waals surface area contributed by atoms with E-state index in [0.717, 1.165) is 62.4 Å². The smallest absolute Gasteiger partial charge is 0.416 e. The molecule has 1 aliphatic rings. The molecule has 0 spiro atoms. The molecule has 2 aromatic carbocycles. The van der Waals surface area contributed by atoms with Crippen molar-refractivity contribution >= 4 is 28.3 Å². The molecule has 0 aromatic heterocycles. The number of carbonyl (C=O) groups excluding carboxylic acids is 1. The number of methoxy groups -OCH3 is 2. The second-order valence-corrected chi connectivity index (χ2v) is 10.5. The molecule has 0 radical (unpaired) electrons. The summed E-state index contributed by atoms with van der Waals surface area (Å²) >= 11 is 0.992. The number of fused-ring (bicyclic) bond motifs is 1. The molecule has 2 N–H and O–H groups in total. The van der Waals surface area contributed by atoms with Crippen LogP contribution in [0.2, 0.25) is 0 Å². The van der Waals surface area contributed by atoms with Crippen molar-refractivity contribution in [2.45, 2.75) is 63.3 Å². The third-order valence-corrected chi connectivity index (χ3v) is 7.91. The highest BCUT2D eigenvalue weighted by Gasteiger charge is 2.33.